The Hall–Kier alpha value is -0.430. The van der Waals surface area contributed by atoms with E-state index in [2.05, 4.69) is 36.9 Å². The van der Waals surface area contributed by atoms with Crippen LogP contribution in [-0.2, 0) is 0 Å². The van der Waals surface area contributed by atoms with Crippen molar-refractivity contribution < 1.29 is 0 Å². The molecule has 0 N–H and O–H groups in total. The quantitative estimate of drug-likeness (QED) is 0.597. The maximum absolute atomic E-state index is 2.20. The van der Waals surface area contributed by atoms with E-state index in [1.54, 1.807) is 11.8 Å². The van der Waals surface area contributed by atoms with Crippen LogP contribution in [0, 0.1) is 5.75 Å². The van der Waals surface area contributed by atoms with Crippen LogP contribution >= 0.6 is 11.8 Å². The molecule has 0 heterocycles. The average molecular weight is 151 g/mol. The molecule has 0 spiro atoms. The maximum atomic E-state index is 2.20. The molecule has 1 aromatic rings. The van der Waals surface area contributed by atoms with Gasteiger partial charge in [-0.05, 0) is 18.6 Å². The number of hydrogen-bond donors (Lipinski definition) is 0. The SMILES string of the molecule is CC[CH]Sc1ccccc1. The van der Waals surface area contributed by atoms with Crippen LogP contribution in [0.4, 0.5) is 0 Å². The summed E-state index contributed by atoms with van der Waals surface area (Å²) in [6.07, 6.45) is 1.12. The minimum Gasteiger partial charge on any atom is -0.122 e. The molecule has 0 amide bonds. The minimum absolute atomic E-state index is 1.12. The molecule has 53 valence electrons. The first-order valence-electron chi connectivity index (χ1n) is 3.47. The van der Waals surface area contributed by atoms with Gasteiger partial charge in [-0.3, -0.25) is 0 Å². The molecular formula is C9H11S. The Kier molecular flexibility index (Phi) is 3.37. The first-order chi connectivity index (χ1) is 4.93. The lowest BCUT2D eigenvalue weighted by atomic mass is 10.4. The Morgan fingerprint density at radius 2 is 2.00 bits per heavy atom. The van der Waals surface area contributed by atoms with Crippen molar-refractivity contribution in [3.8, 4) is 0 Å². The third-order valence-corrected chi connectivity index (χ3v) is 2.17. The lowest BCUT2D eigenvalue weighted by molar-refractivity contribution is 1.20. The Balaban J connectivity index is 2.43. The van der Waals surface area contributed by atoms with Crippen LogP contribution in [0.15, 0.2) is 35.2 Å². The third-order valence-electron chi connectivity index (χ3n) is 1.13. The van der Waals surface area contributed by atoms with Gasteiger partial charge in [0.25, 0.3) is 0 Å². The van der Waals surface area contributed by atoms with Gasteiger partial charge < -0.3 is 0 Å². The maximum Gasteiger partial charge on any atom is 0.0214 e. The lowest BCUT2D eigenvalue weighted by Crippen LogP contribution is -1.67. The molecule has 0 aliphatic carbocycles. The topological polar surface area (TPSA) is 0 Å². The fraction of sp³-hybridized carbons (Fsp3) is 0.222. The molecule has 0 aliphatic heterocycles. The van der Waals surface area contributed by atoms with Crippen molar-refractivity contribution in [1.82, 2.24) is 0 Å². The normalized spacial score (nSPS) is 9.70. The smallest absolute Gasteiger partial charge is 0.0214 e. The first kappa shape index (κ1) is 7.67. The highest BCUT2D eigenvalue weighted by Gasteiger charge is 1.88. The van der Waals surface area contributed by atoms with Gasteiger partial charge in [-0.25, -0.2) is 0 Å². The summed E-state index contributed by atoms with van der Waals surface area (Å²) in [5.74, 6) is 2.20. The fourth-order valence-electron chi connectivity index (χ4n) is 0.679. The largest absolute Gasteiger partial charge is 0.122 e. The molecule has 0 fully saturated rings. The van der Waals surface area contributed by atoms with Crippen molar-refractivity contribution in [3.05, 3.63) is 36.1 Å². The minimum atomic E-state index is 1.12. The molecule has 10 heavy (non-hydrogen) atoms. The van der Waals surface area contributed by atoms with E-state index in [4.69, 9.17) is 0 Å². The second-order valence-corrected chi connectivity index (χ2v) is 3.05. The van der Waals surface area contributed by atoms with Crippen molar-refractivity contribution in [3.63, 3.8) is 0 Å². The molecule has 1 heteroatoms. The van der Waals surface area contributed by atoms with E-state index >= 15 is 0 Å². The first-order valence-corrected chi connectivity index (χ1v) is 4.35. The molecule has 0 atom stereocenters. The van der Waals surface area contributed by atoms with E-state index in [-0.39, 0.29) is 0 Å². The lowest BCUT2D eigenvalue weighted by Gasteiger charge is -1.95. The highest BCUT2D eigenvalue weighted by molar-refractivity contribution is 8.01. The third kappa shape index (κ3) is 2.44. The van der Waals surface area contributed by atoms with Crippen LogP contribution in [0.1, 0.15) is 13.3 Å². The van der Waals surface area contributed by atoms with Crippen LogP contribution < -0.4 is 0 Å². The summed E-state index contributed by atoms with van der Waals surface area (Å²) in [7, 11) is 0. The van der Waals surface area contributed by atoms with Gasteiger partial charge >= 0.3 is 0 Å². The van der Waals surface area contributed by atoms with Crippen molar-refractivity contribution in [2.24, 2.45) is 0 Å². The summed E-state index contributed by atoms with van der Waals surface area (Å²) in [5, 5.41) is 0. The number of hydrogen-bond acceptors (Lipinski definition) is 1. The van der Waals surface area contributed by atoms with E-state index in [0.717, 1.165) is 6.42 Å². The molecule has 0 aliphatic rings. The molecular weight excluding hydrogens is 140 g/mol. The van der Waals surface area contributed by atoms with Gasteiger partial charge in [0.1, 0.15) is 0 Å². The van der Waals surface area contributed by atoms with Gasteiger partial charge in [0.2, 0.25) is 0 Å². The fourth-order valence-corrected chi connectivity index (χ4v) is 1.35. The van der Waals surface area contributed by atoms with E-state index in [1.807, 2.05) is 6.07 Å². The van der Waals surface area contributed by atoms with Gasteiger partial charge in [-0.15, -0.1) is 11.8 Å². The summed E-state index contributed by atoms with van der Waals surface area (Å²) in [4.78, 5) is 1.32. The highest BCUT2D eigenvalue weighted by atomic mass is 32.2. The van der Waals surface area contributed by atoms with Crippen LogP contribution in [0.25, 0.3) is 0 Å². The Bertz CT molecular complexity index is 169. The molecule has 1 rings (SSSR count). The van der Waals surface area contributed by atoms with Crippen molar-refractivity contribution in [2.75, 3.05) is 0 Å². The number of rotatable bonds is 3. The van der Waals surface area contributed by atoms with Crippen LogP contribution in [-0.4, -0.2) is 0 Å². The van der Waals surface area contributed by atoms with Crippen LogP contribution in [0.2, 0.25) is 0 Å². The molecule has 0 saturated carbocycles. The number of thioether (sulfide) groups is 1. The van der Waals surface area contributed by atoms with E-state index in [1.165, 1.54) is 4.90 Å². The summed E-state index contributed by atoms with van der Waals surface area (Å²) < 4.78 is 0. The second kappa shape index (κ2) is 4.40. The monoisotopic (exact) mass is 151 g/mol. The van der Waals surface area contributed by atoms with Crippen molar-refractivity contribution >= 4 is 11.8 Å². The van der Waals surface area contributed by atoms with E-state index in [0.29, 0.717) is 0 Å². The average Bonchev–Trinajstić information content (AvgIpc) is 2.03. The molecule has 0 unspecified atom stereocenters. The van der Waals surface area contributed by atoms with Crippen molar-refractivity contribution in [2.45, 2.75) is 18.2 Å². The number of benzene rings is 1. The van der Waals surface area contributed by atoms with Crippen LogP contribution in [0.3, 0.4) is 0 Å². The van der Waals surface area contributed by atoms with Gasteiger partial charge in [0.05, 0.1) is 0 Å². The van der Waals surface area contributed by atoms with Crippen LogP contribution in [0.5, 0.6) is 0 Å². The van der Waals surface area contributed by atoms with Gasteiger partial charge in [0.15, 0.2) is 0 Å². The predicted molar refractivity (Wildman–Crippen MR) is 46.9 cm³/mol. The zero-order valence-corrected chi connectivity index (χ0v) is 6.90. The van der Waals surface area contributed by atoms with Gasteiger partial charge in [-0.2, -0.15) is 0 Å². The Labute approximate surface area is 66.6 Å². The van der Waals surface area contributed by atoms with Gasteiger partial charge in [0, 0.05) is 10.6 Å². The summed E-state index contributed by atoms with van der Waals surface area (Å²) in [5.41, 5.74) is 0. The molecule has 0 saturated heterocycles. The zero-order valence-electron chi connectivity index (χ0n) is 6.08. The molecule has 0 aromatic heterocycles. The summed E-state index contributed by atoms with van der Waals surface area (Å²) in [6, 6.07) is 10.4. The Morgan fingerprint density at radius 1 is 1.30 bits per heavy atom. The van der Waals surface area contributed by atoms with E-state index < -0.39 is 0 Å². The zero-order chi connectivity index (χ0) is 7.23. The van der Waals surface area contributed by atoms with E-state index in [9.17, 15) is 0 Å². The molecule has 1 aromatic carbocycles. The highest BCUT2D eigenvalue weighted by Crippen LogP contribution is 2.20. The molecule has 0 nitrogen and oxygen atoms in total. The second-order valence-electron chi connectivity index (χ2n) is 2.01. The summed E-state index contributed by atoms with van der Waals surface area (Å²) in [6.45, 7) is 2.15. The summed E-state index contributed by atoms with van der Waals surface area (Å²) >= 11 is 1.80. The molecule has 1 radical (unpaired) electrons. The van der Waals surface area contributed by atoms with Crippen molar-refractivity contribution in [1.29, 1.82) is 0 Å². The standard InChI is InChI=1S/C9H11S/c1-2-8-10-9-6-4-3-5-7-9/h3-8H,2H2,1H3. The van der Waals surface area contributed by atoms with Gasteiger partial charge in [-0.1, -0.05) is 25.1 Å². The molecule has 0 bridgehead atoms. The Morgan fingerprint density at radius 3 is 2.60 bits per heavy atom. The predicted octanol–water partition coefficient (Wildman–Crippen LogP) is 3.35.